The molecule has 0 aliphatic heterocycles. The van der Waals surface area contributed by atoms with Crippen LogP contribution in [0.5, 0.6) is 0 Å². The van der Waals surface area contributed by atoms with Crippen LogP contribution in [0.2, 0.25) is 19.6 Å². The van der Waals surface area contributed by atoms with Gasteiger partial charge in [0.05, 0.1) is 0 Å². The van der Waals surface area contributed by atoms with Gasteiger partial charge in [0.15, 0.2) is 8.07 Å². The molecule has 0 rings (SSSR count). The fourth-order valence-corrected chi connectivity index (χ4v) is 0. The van der Waals surface area contributed by atoms with Crippen molar-refractivity contribution in [3.8, 4) is 5.69 Å². The van der Waals surface area contributed by atoms with Crippen molar-refractivity contribution in [3.63, 3.8) is 0 Å². The first-order chi connectivity index (χ1) is 2.56. The highest BCUT2D eigenvalue weighted by atomic mass is 127. The van der Waals surface area contributed by atoms with Crippen molar-refractivity contribution < 1.29 is 0 Å². The van der Waals surface area contributed by atoms with Crippen molar-refractivity contribution in [2.75, 3.05) is 0 Å². The average Bonchev–Trinajstić information content (AvgIpc) is 1.35. The third-order valence-electron chi connectivity index (χ3n) is 0.335. The molecule has 0 aliphatic carbocycles. The molecule has 0 bridgehead atoms. The lowest BCUT2D eigenvalue weighted by molar-refractivity contribution is 1.53. The van der Waals surface area contributed by atoms with E-state index in [2.05, 4.69) is 5.69 Å². The van der Waals surface area contributed by atoms with E-state index in [0.29, 0.717) is 0 Å². The van der Waals surface area contributed by atoms with Gasteiger partial charge in [0.1, 0.15) is 0 Å². The van der Waals surface area contributed by atoms with E-state index >= 15 is 0 Å². The minimum Gasteiger partial charge on any atom is -0.207 e. The van der Waals surface area contributed by atoms with E-state index in [-0.39, 0.29) is 24.0 Å². The van der Waals surface area contributed by atoms with E-state index in [4.69, 9.17) is 5.26 Å². The summed E-state index contributed by atoms with van der Waals surface area (Å²) in [6.45, 7) is 6.06. The lowest BCUT2D eigenvalue weighted by Gasteiger charge is -1.96. The Kier molecular flexibility index (Phi) is 5.12. The molecule has 0 amide bonds. The van der Waals surface area contributed by atoms with Crippen LogP contribution in [0.1, 0.15) is 0 Å². The number of nitrogens with zero attached hydrogens (tertiary/aromatic N) is 1. The molecule has 0 aliphatic rings. The molecule has 0 radical (unpaired) electrons. The summed E-state index contributed by atoms with van der Waals surface area (Å²) in [5.74, 6) is 0. The van der Waals surface area contributed by atoms with E-state index in [0.717, 1.165) is 0 Å². The molecular formula is C4H10INSi. The van der Waals surface area contributed by atoms with Crippen molar-refractivity contribution in [1.82, 2.24) is 0 Å². The molecule has 42 valence electrons. The maximum atomic E-state index is 8.21. The van der Waals surface area contributed by atoms with E-state index < -0.39 is 8.07 Å². The fourth-order valence-electron chi connectivity index (χ4n) is 0. The second-order valence-electron chi connectivity index (χ2n) is 2.36. The summed E-state index contributed by atoms with van der Waals surface area (Å²) in [4.78, 5) is 0. The van der Waals surface area contributed by atoms with Crippen molar-refractivity contribution >= 4 is 32.1 Å². The Labute approximate surface area is 62.8 Å². The summed E-state index contributed by atoms with van der Waals surface area (Å²) >= 11 is 0. The van der Waals surface area contributed by atoms with Gasteiger partial charge in [-0.05, 0) is 0 Å². The molecule has 0 aromatic heterocycles. The highest BCUT2D eigenvalue weighted by Crippen LogP contribution is 1.94. The lowest BCUT2D eigenvalue weighted by Crippen LogP contribution is -2.15. The number of hydrogen-bond donors (Lipinski definition) is 0. The van der Waals surface area contributed by atoms with Gasteiger partial charge in [-0.3, -0.25) is 0 Å². The van der Waals surface area contributed by atoms with Gasteiger partial charge in [0, 0.05) is 5.69 Å². The van der Waals surface area contributed by atoms with Gasteiger partial charge in [-0.1, -0.05) is 19.6 Å². The van der Waals surface area contributed by atoms with Gasteiger partial charge in [0.25, 0.3) is 0 Å². The molecule has 0 fully saturated rings. The quantitative estimate of drug-likeness (QED) is 0.458. The molecular weight excluding hydrogens is 217 g/mol. The predicted octanol–water partition coefficient (Wildman–Crippen LogP) is 2.01. The summed E-state index contributed by atoms with van der Waals surface area (Å²) in [7, 11) is -1.33. The molecule has 0 unspecified atom stereocenters. The van der Waals surface area contributed by atoms with Crippen LogP contribution in [0, 0.1) is 11.0 Å². The maximum Gasteiger partial charge on any atom is 0.164 e. The van der Waals surface area contributed by atoms with E-state index in [1.165, 1.54) is 0 Å². The third-order valence-corrected chi connectivity index (χ3v) is 1.01. The Hall–Kier alpha value is 0.437. The number of halogens is 1. The Morgan fingerprint density at radius 3 is 1.43 bits per heavy atom. The van der Waals surface area contributed by atoms with Crippen LogP contribution in [0.15, 0.2) is 0 Å². The molecule has 0 saturated heterocycles. The molecule has 7 heavy (non-hydrogen) atoms. The molecule has 0 aromatic rings. The molecule has 3 heteroatoms. The Bertz CT molecular complexity index is 78.7. The first-order valence-corrected chi connectivity index (χ1v) is 5.47. The van der Waals surface area contributed by atoms with Gasteiger partial charge in [-0.2, -0.15) is 0 Å². The molecule has 0 aromatic carbocycles. The summed E-state index contributed by atoms with van der Waals surface area (Å²) in [6, 6.07) is 0. The number of nitriles is 1. The monoisotopic (exact) mass is 227 g/mol. The Morgan fingerprint density at radius 1 is 1.29 bits per heavy atom. The zero-order valence-electron chi connectivity index (χ0n) is 4.86. The standard InChI is InChI=1S/C4H9NSi.HI/c1-6(2,3)4-5;/h1-3H3;1H. The van der Waals surface area contributed by atoms with Crippen LogP contribution in [0.3, 0.4) is 0 Å². The lowest BCUT2D eigenvalue weighted by atomic mass is 11.7. The van der Waals surface area contributed by atoms with Crippen molar-refractivity contribution in [2.24, 2.45) is 0 Å². The van der Waals surface area contributed by atoms with E-state index in [1.54, 1.807) is 0 Å². The summed E-state index contributed by atoms with van der Waals surface area (Å²) in [6.07, 6.45) is 0. The summed E-state index contributed by atoms with van der Waals surface area (Å²) < 4.78 is 0. The van der Waals surface area contributed by atoms with Gasteiger partial charge >= 0.3 is 0 Å². The van der Waals surface area contributed by atoms with Gasteiger partial charge in [0.2, 0.25) is 0 Å². The third kappa shape index (κ3) is 10.7. The number of hydrogen-bond acceptors (Lipinski definition) is 1. The van der Waals surface area contributed by atoms with Crippen LogP contribution in [-0.2, 0) is 0 Å². The zero-order valence-corrected chi connectivity index (χ0v) is 8.19. The first-order valence-electron chi connectivity index (χ1n) is 1.97. The van der Waals surface area contributed by atoms with Crippen LogP contribution in [-0.4, -0.2) is 8.07 Å². The van der Waals surface area contributed by atoms with Crippen molar-refractivity contribution in [3.05, 3.63) is 0 Å². The van der Waals surface area contributed by atoms with Gasteiger partial charge in [-0.15, -0.1) is 24.0 Å². The largest absolute Gasteiger partial charge is 0.207 e. The highest BCUT2D eigenvalue weighted by Gasteiger charge is 2.09. The fraction of sp³-hybridized carbons (Fsp3) is 0.750. The normalized spacial score (nSPS) is 8.86. The van der Waals surface area contributed by atoms with Crippen molar-refractivity contribution in [1.29, 1.82) is 5.26 Å². The maximum absolute atomic E-state index is 8.21. The second-order valence-corrected chi connectivity index (χ2v) is 7.09. The molecule has 1 nitrogen and oxygen atoms in total. The van der Waals surface area contributed by atoms with Crippen LogP contribution in [0.4, 0.5) is 0 Å². The zero-order chi connectivity index (χ0) is 5.21. The average molecular weight is 227 g/mol. The first kappa shape index (κ1) is 10.4. The second kappa shape index (κ2) is 3.44. The van der Waals surface area contributed by atoms with Crippen LogP contribution < -0.4 is 0 Å². The Morgan fingerprint density at radius 2 is 1.43 bits per heavy atom. The van der Waals surface area contributed by atoms with Gasteiger partial charge in [-0.25, -0.2) is 5.26 Å². The SMILES string of the molecule is C[Si](C)(C)C#N.I. The molecule has 0 heterocycles. The van der Waals surface area contributed by atoms with E-state index in [1.807, 2.05) is 19.6 Å². The molecule has 0 N–H and O–H groups in total. The van der Waals surface area contributed by atoms with Crippen LogP contribution in [0.25, 0.3) is 0 Å². The number of rotatable bonds is 0. The summed E-state index contributed by atoms with van der Waals surface area (Å²) in [5, 5.41) is 8.21. The molecule has 0 saturated carbocycles. The minimum atomic E-state index is -1.33. The highest BCUT2D eigenvalue weighted by molar-refractivity contribution is 14.0. The molecule has 0 spiro atoms. The van der Waals surface area contributed by atoms with E-state index in [9.17, 15) is 0 Å². The van der Waals surface area contributed by atoms with Gasteiger partial charge < -0.3 is 0 Å². The topological polar surface area (TPSA) is 23.8 Å². The van der Waals surface area contributed by atoms with Crippen molar-refractivity contribution in [2.45, 2.75) is 19.6 Å². The smallest absolute Gasteiger partial charge is 0.164 e. The predicted molar refractivity (Wildman–Crippen MR) is 44.4 cm³/mol. The minimum absolute atomic E-state index is 0. The summed E-state index contributed by atoms with van der Waals surface area (Å²) in [5.41, 5.74) is 2.24. The molecule has 0 atom stereocenters. The van der Waals surface area contributed by atoms with Crippen LogP contribution >= 0.6 is 24.0 Å². The Balaban J connectivity index is 0.